The fourth-order valence-corrected chi connectivity index (χ4v) is 3.79. The molecule has 0 radical (unpaired) electrons. The Morgan fingerprint density at radius 2 is 0.933 bits per heavy atom. The van der Waals surface area contributed by atoms with E-state index >= 15 is 0 Å². The summed E-state index contributed by atoms with van der Waals surface area (Å²) in [6.45, 7) is 20.0. The topological polar surface area (TPSA) is 38.7 Å². The normalized spacial score (nSPS) is 12.8. The molecule has 0 atom stereocenters. The van der Waals surface area contributed by atoms with E-state index in [9.17, 15) is 0 Å². The molecule has 0 spiro atoms. The molecule has 0 aliphatic heterocycles. The minimum absolute atomic E-state index is 0.0182. The predicted molar refractivity (Wildman–Crippen MR) is 127 cm³/mol. The minimum Gasteiger partial charge on any atom is -0.254 e. The second-order valence-electron chi connectivity index (χ2n) is 11.1. The first-order valence-corrected chi connectivity index (χ1v) is 10.7. The van der Waals surface area contributed by atoms with Gasteiger partial charge >= 0.3 is 0 Å². The van der Waals surface area contributed by atoms with Crippen LogP contribution in [-0.4, -0.2) is 15.0 Å². The molecule has 0 N–H and O–H groups in total. The van der Waals surface area contributed by atoms with Crippen LogP contribution in [0.1, 0.15) is 79.0 Å². The molecule has 0 amide bonds. The third kappa shape index (κ3) is 4.45. The van der Waals surface area contributed by atoms with Crippen molar-refractivity contribution in [3.8, 4) is 22.8 Å². The van der Waals surface area contributed by atoms with E-state index in [4.69, 9.17) is 15.0 Å². The van der Waals surface area contributed by atoms with Gasteiger partial charge in [-0.05, 0) is 51.1 Å². The number of rotatable bonds is 2. The summed E-state index contributed by atoms with van der Waals surface area (Å²) in [6.07, 6.45) is 3.72. The lowest BCUT2D eigenvalue weighted by Crippen LogP contribution is -2.18. The average Bonchev–Trinajstić information content (AvgIpc) is 2.65. The predicted octanol–water partition coefficient (Wildman–Crippen LogP) is 7.10. The van der Waals surface area contributed by atoms with Crippen LogP contribution in [0, 0.1) is 0 Å². The maximum absolute atomic E-state index is 5.20. The average molecular weight is 402 g/mol. The van der Waals surface area contributed by atoms with Crippen molar-refractivity contribution in [1.29, 1.82) is 0 Å². The van der Waals surface area contributed by atoms with E-state index in [1.165, 1.54) is 16.7 Å². The minimum atomic E-state index is -0.0511. The van der Waals surface area contributed by atoms with Gasteiger partial charge in [-0.15, -0.1) is 0 Å². The van der Waals surface area contributed by atoms with Crippen LogP contribution in [0.4, 0.5) is 0 Å². The number of aromatic nitrogens is 3. The van der Waals surface area contributed by atoms with Gasteiger partial charge in [0.2, 0.25) is 0 Å². The van der Waals surface area contributed by atoms with Crippen LogP contribution in [-0.2, 0) is 16.2 Å². The van der Waals surface area contributed by atoms with Crippen molar-refractivity contribution in [1.82, 2.24) is 15.0 Å². The number of hydrogen-bond acceptors (Lipinski definition) is 3. The summed E-state index contributed by atoms with van der Waals surface area (Å²) in [7, 11) is 0. The molecule has 3 nitrogen and oxygen atoms in total. The molecule has 30 heavy (non-hydrogen) atoms. The molecule has 0 aliphatic rings. The summed E-state index contributed by atoms with van der Waals surface area (Å²) < 4.78 is 0. The Morgan fingerprint density at radius 3 is 1.43 bits per heavy atom. The standard InChI is InChI=1S/C27H35N3/c1-25(2,3)18-12-10-16-28-22(18)21-15-14-20(27(7,8)9)24(30-21)23-19(26(4,5)6)13-11-17-29-23/h10-17H,1-9H3. The number of nitrogens with zero attached hydrogens (tertiary/aromatic N) is 3. The zero-order valence-electron chi connectivity index (χ0n) is 20.0. The second-order valence-corrected chi connectivity index (χ2v) is 11.1. The summed E-state index contributed by atoms with van der Waals surface area (Å²) in [6, 6.07) is 12.7. The second kappa shape index (κ2) is 7.61. The largest absolute Gasteiger partial charge is 0.254 e. The molecule has 158 valence electrons. The van der Waals surface area contributed by atoms with E-state index in [1.54, 1.807) is 0 Å². The zero-order chi connectivity index (χ0) is 22.3. The molecule has 3 heterocycles. The first-order valence-electron chi connectivity index (χ1n) is 10.7. The molecule has 3 aromatic rings. The van der Waals surface area contributed by atoms with Gasteiger partial charge < -0.3 is 0 Å². The molecular weight excluding hydrogens is 366 g/mol. The summed E-state index contributed by atoms with van der Waals surface area (Å²) in [5, 5.41) is 0. The Balaban J connectivity index is 2.33. The fraction of sp³-hybridized carbons (Fsp3) is 0.444. The molecule has 0 saturated heterocycles. The fourth-order valence-electron chi connectivity index (χ4n) is 3.79. The molecule has 3 rings (SSSR count). The number of pyridine rings is 3. The van der Waals surface area contributed by atoms with Crippen molar-refractivity contribution in [2.75, 3.05) is 0 Å². The highest BCUT2D eigenvalue weighted by atomic mass is 14.8. The number of hydrogen-bond donors (Lipinski definition) is 0. The van der Waals surface area contributed by atoms with Crippen molar-refractivity contribution < 1.29 is 0 Å². The molecule has 3 aromatic heterocycles. The smallest absolute Gasteiger partial charge is 0.0934 e. The molecule has 0 unspecified atom stereocenters. The first kappa shape index (κ1) is 22.1. The van der Waals surface area contributed by atoms with Gasteiger partial charge in [0.1, 0.15) is 0 Å². The van der Waals surface area contributed by atoms with Crippen LogP contribution in [0.2, 0.25) is 0 Å². The van der Waals surface area contributed by atoms with E-state index in [1.807, 2.05) is 24.5 Å². The highest BCUT2D eigenvalue weighted by molar-refractivity contribution is 5.70. The summed E-state index contributed by atoms with van der Waals surface area (Å²) in [5.74, 6) is 0. The van der Waals surface area contributed by atoms with Gasteiger partial charge in [0.05, 0.1) is 22.8 Å². The highest BCUT2D eigenvalue weighted by Crippen LogP contribution is 2.38. The summed E-state index contributed by atoms with van der Waals surface area (Å²) in [4.78, 5) is 14.7. The van der Waals surface area contributed by atoms with Crippen LogP contribution in [0.3, 0.4) is 0 Å². The zero-order valence-corrected chi connectivity index (χ0v) is 20.0. The van der Waals surface area contributed by atoms with E-state index in [2.05, 4.69) is 86.6 Å². The maximum Gasteiger partial charge on any atom is 0.0934 e. The van der Waals surface area contributed by atoms with E-state index in [0.29, 0.717) is 0 Å². The van der Waals surface area contributed by atoms with Gasteiger partial charge in [0, 0.05) is 12.4 Å². The van der Waals surface area contributed by atoms with Gasteiger partial charge in [0.15, 0.2) is 0 Å². The van der Waals surface area contributed by atoms with Gasteiger partial charge in [0.25, 0.3) is 0 Å². The van der Waals surface area contributed by atoms with Gasteiger partial charge in [-0.25, -0.2) is 4.98 Å². The quantitative estimate of drug-likeness (QED) is 0.460. The van der Waals surface area contributed by atoms with Crippen LogP contribution in [0.5, 0.6) is 0 Å². The van der Waals surface area contributed by atoms with E-state index < -0.39 is 0 Å². The third-order valence-electron chi connectivity index (χ3n) is 5.40. The molecule has 0 saturated carbocycles. The Hall–Kier alpha value is -2.55. The lowest BCUT2D eigenvalue weighted by molar-refractivity contribution is 0.580. The van der Waals surface area contributed by atoms with Crippen LogP contribution >= 0.6 is 0 Å². The van der Waals surface area contributed by atoms with Crippen LogP contribution in [0.15, 0.2) is 48.8 Å². The molecule has 0 aliphatic carbocycles. The Bertz CT molecular complexity index is 1040. The van der Waals surface area contributed by atoms with Gasteiger partial charge in [-0.2, -0.15) is 0 Å². The lowest BCUT2D eigenvalue weighted by atomic mass is 9.80. The molecule has 0 aromatic carbocycles. The molecule has 0 fully saturated rings. The van der Waals surface area contributed by atoms with Crippen LogP contribution < -0.4 is 0 Å². The Kier molecular flexibility index (Phi) is 5.62. The Labute approximate surface area is 182 Å². The van der Waals surface area contributed by atoms with Crippen molar-refractivity contribution in [3.05, 3.63) is 65.5 Å². The first-order chi connectivity index (χ1) is 13.8. The monoisotopic (exact) mass is 401 g/mol. The lowest BCUT2D eigenvalue weighted by Gasteiger charge is -2.27. The Morgan fingerprint density at radius 1 is 0.500 bits per heavy atom. The van der Waals surface area contributed by atoms with Crippen molar-refractivity contribution in [2.45, 2.75) is 78.6 Å². The van der Waals surface area contributed by atoms with Crippen molar-refractivity contribution in [2.24, 2.45) is 0 Å². The van der Waals surface area contributed by atoms with E-state index in [0.717, 1.165) is 22.8 Å². The molecular formula is C27H35N3. The highest BCUT2D eigenvalue weighted by Gasteiger charge is 2.27. The molecule has 3 heteroatoms. The van der Waals surface area contributed by atoms with Crippen molar-refractivity contribution in [3.63, 3.8) is 0 Å². The van der Waals surface area contributed by atoms with E-state index in [-0.39, 0.29) is 16.2 Å². The summed E-state index contributed by atoms with van der Waals surface area (Å²) in [5.41, 5.74) is 7.26. The van der Waals surface area contributed by atoms with Gasteiger partial charge in [-0.1, -0.05) is 80.5 Å². The van der Waals surface area contributed by atoms with Gasteiger partial charge in [-0.3, -0.25) is 9.97 Å². The van der Waals surface area contributed by atoms with Crippen molar-refractivity contribution >= 4 is 0 Å². The molecule has 0 bridgehead atoms. The summed E-state index contributed by atoms with van der Waals surface area (Å²) >= 11 is 0. The third-order valence-corrected chi connectivity index (χ3v) is 5.40. The maximum atomic E-state index is 5.20. The van der Waals surface area contributed by atoms with Crippen LogP contribution in [0.25, 0.3) is 22.8 Å². The SMILES string of the molecule is CC(C)(C)c1cccnc1-c1ccc(C(C)(C)C)c(-c2ncccc2C(C)(C)C)n1.